The van der Waals surface area contributed by atoms with Gasteiger partial charge in [-0.3, -0.25) is 0 Å². The summed E-state index contributed by atoms with van der Waals surface area (Å²) in [6.07, 6.45) is 7.19. The molecule has 2 bridgehead atoms. The molecule has 4 rings (SSSR count). The van der Waals surface area contributed by atoms with Gasteiger partial charge in [-0.05, 0) is 88.3 Å². The lowest BCUT2D eigenvalue weighted by Gasteiger charge is -2.46. The van der Waals surface area contributed by atoms with Crippen LogP contribution < -0.4 is 25.4 Å². The van der Waals surface area contributed by atoms with Crippen molar-refractivity contribution in [3.05, 3.63) is 29.5 Å². The number of alkyl carbamates (subject to hydrolysis) is 1. The lowest BCUT2D eigenvalue weighted by molar-refractivity contribution is 0.0324. The van der Waals surface area contributed by atoms with E-state index in [9.17, 15) is 15.2 Å². The summed E-state index contributed by atoms with van der Waals surface area (Å²) in [4.78, 5) is 21.3. The van der Waals surface area contributed by atoms with Crippen LogP contribution in [-0.4, -0.2) is 60.1 Å². The van der Waals surface area contributed by atoms with Crippen LogP contribution in [0.5, 0.6) is 17.2 Å². The molecule has 1 aromatic heterocycles. The molecule has 2 aliphatic carbocycles. The lowest BCUT2D eigenvalue weighted by atomic mass is 9.64. The molecule has 2 aromatic rings. The number of hydrogen-bond acceptors (Lipinski definition) is 10. The van der Waals surface area contributed by atoms with E-state index in [0.717, 1.165) is 31.2 Å². The number of rotatable bonds is 10. The van der Waals surface area contributed by atoms with E-state index in [2.05, 4.69) is 32.0 Å². The number of phenolic OH excluding ortho intramolecular Hbond substituents is 1. The fourth-order valence-corrected chi connectivity index (χ4v) is 6.05. The third kappa shape index (κ3) is 7.84. The van der Waals surface area contributed by atoms with Gasteiger partial charge < -0.3 is 35.3 Å². The Morgan fingerprint density at radius 1 is 1.12 bits per heavy atom. The molecule has 4 atom stereocenters. The Hall–Kier alpha value is -3.94. The number of amides is 1. The molecular weight excluding hydrogens is 524 g/mol. The molecule has 11 nitrogen and oxygen atoms in total. The Labute approximate surface area is 242 Å². The van der Waals surface area contributed by atoms with E-state index in [4.69, 9.17) is 14.2 Å². The topological polar surface area (TPSA) is 151 Å². The van der Waals surface area contributed by atoms with E-state index >= 15 is 0 Å². The van der Waals surface area contributed by atoms with Gasteiger partial charge in [-0.1, -0.05) is 6.42 Å². The van der Waals surface area contributed by atoms with Gasteiger partial charge in [-0.25, -0.2) is 9.78 Å². The fourth-order valence-electron chi connectivity index (χ4n) is 6.05. The van der Waals surface area contributed by atoms with Gasteiger partial charge in [0.1, 0.15) is 23.1 Å². The molecule has 1 amide bonds. The second-order valence-electron chi connectivity index (χ2n) is 11.9. The standard InChI is InChI=1S/C30H42N6O5/c1-30(2,3)41-29(38)35-25-20-7-6-8-21(25)12-19(11-20)16-33-27-22(15-31)17-34-28(36-27)32-10-9-18-13-23(39-4)26(37)24(14-18)40-5/h13-14,17,19-21,25,37H,6-12,16H2,1-5H3,(H,35,38)(H2,32,33,34,36)/t19?,20-,21+,25?. The highest BCUT2D eigenvalue weighted by Gasteiger charge is 2.41. The SMILES string of the molecule is COc1cc(CCNc2ncc(C#N)c(NCC3C[C@H]4CCC[C@@H](C3)C4NC(=O)OC(C)(C)C)n2)cc(OC)c1O. The number of aromatic nitrogens is 2. The summed E-state index contributed by atoms with van der Waals surface area (Å²) in [7, 11) is 2.99. The van der Waals surface area contributed by atoms with E-state index in [1.54, 1.807) is 12.1 Å². The smallest absolute Gasteiger partial charge is 0.407 e. The van der Waals surface area contributed by atoms with Gasteiger partial charge in [0, 0.05) is 19.1 Å². The van der Waals surface area contributed by atoms with Crippen LogP contribution in [0.3, 0.4) is 0 Å². The number of fused-ring (bicyclic) bond motifs is 2. The van der Waals surface area contributed by atoms with Crippen LogP contribution >= 0.6 is 0 Å². The van der Waals surface area contributed by atoms with Crippen molar-refractivity contribution in [1.29, 1.82) is 5.26 Å². The Kier molecular flexibility index (Phi) is 9.63. The minimum absolute atomic E-state index is 0.0331. The molecule has 11 heteroatoms. The summed E-state index contributed by atoms with van der Waals surface area (Å²) in [5.74, 6) is 2.84. The number of benzene rings is 1. The van der Waals surface area contributed by atoms with Gasteiger partial charge in [-0.15, -0.1) is 0 Å². The molecule has 2 unspecified atom stereocenters. The number of carbonyl (C=O) groups excluding carboxylic acids is 1. The average molecular weight is 567 g/mol. The predicted octanol–water partition coefficient (Wildman–Crippen LogP) is 4.86. The first-order valence-electron chi connectivity index (χ1n) is 14.3. The van der Waals surface area contributed by atoms with Gasteiger partial charge in [-0.2, -0.15) is 10.2 Å². The van der Waals surface area contributed by atoms with Gasteiger partial charge in [0.2, 0.25) is 11.7 Å². The van der Waals surface area contributed by atoms with Gasteiger partial charge in [0.15, 0.2) is 11.5 Å². The summed E-state index contributed by atoms with van der Waals surface area (Å²) in [5, 5.41) is 29.6. The first kappa shape index (κ1) is 30.0. The van der Waals surface area contributed by atoms with E-state index in [1.807, 2.05) is 20.8 Å². The van der Waals surface area contributed by atoms with E-state index in [-0.39, 0.29) is 17.9 Å². The summed E-state index contributed by atoms with van der Waals surface area (Å²) in [6, 6.07) is 5.85. The number of anilines is 2. The van der Waals surface area contributed by atoms with Crippen molar-refractivity contribution in [3.63, 3.8) is 0 Å². The van der Waals surface area contributed by atoms with Crippen LogP contribution in [0.25, 0.3) is 0 Å². The molecule has 0 spiro atoms. The number of carbonyl (C=O) groups is 1. The van der Waals surface area contributed by atoms with Crippen LogP contribution in [0.1, 0.15) is 64.0 Å². The molecule has 2 saturated carbocycles. The fraction of sp³-hybridized carbons (Fsp3) is 0.600. The van der Waals surface area contributed by atoms with Crippen molar-refractivity contribution in [2.45, 2.75) is 70.9 Å². The van der Waals surface area contributed by atoms with E-state index in [0.29, 0.717) is 66.1 Å². The maximum absolute atomic E-state index is 12.5. The third-order valence-electron chi connectivity index (χ3n) is 7.82. The van der Waals surface area contributed by atoms with E-state index < -0.39 is 5.60 Å². The molecule has 0 aliphatic heterocycles. The molecule has 0 saturated heterocycles. The van der Waals surface area contributed by atoms with Crippen molar-refractivity contribution >= 4 is 17.9 Å². The summed E-state index contributed by atoms with van der Waals surface area (Å²) in [6.45, 7) is 6.86. The second kappa shape index (κ2) is 13.1. The van der Waals surface area contributed by atoms with Crippen LogP contribution in [0.15, 0.2) is 18.3 Å². The number of nitrogens with one attached hydrogen (secondary N) is 3. The molecule has 222 valence electrons. The first-order chi connectivity index (χ1) is 19.6. The zero-order valence-electron chi connectivity index (χ0n) is 24.6. The maximum atomic E-state index is 12.5. The summed E-state index contributed by atoms with van der Waals surface area (Å²) in [5.41, 5.74) is 0.790. The van der Waals surface area contributed by atoms with Gasteiger partial charge >= 0.3 is 6.09 Å². The number of hydrogen-bond donors (Lipinski definition) is 4. The molecule has 2 fully saturated rings. The molecule has 2 aliphatic rings. The second-order valence-corrected chi connectivity index (χ2v) is 11.9. The molecule has 1 heterocycles. The Morgan fingerprint density at radius 2 is 1.78 bits per heavy atom. The highest BCUT2D eigenvalue weighted by molar-refractivity contribution is 5.68. The van der Waals surface area contributed by atoms with Gasteiger partial charge in [0.25, 0.3) is 0 Å². The number of ether oxygens (including phenoxy) is 3. The molecular formula is C30H42N6O5. The summed E-state index contributed by atoms with van der Waals surface area (Å²) >= 11 is 0. The summed E-state index contributed by atoms with van der Waals surface area (Å²) < 4.78 is 16.0. The van der Waals surface area contributed by atoms with Crippen molar-refractivity contribution in [3.8, 4) is 23.3 Å². The van der Waals surface area contributed by atoms with Gasteiger partial charge in [0.05, 0.1) is 20.4 Å². The molecule has 1 aromatic carbocycles. The largest absolute Gasteiger partial charge is 0.502 e. The van der Waals surface area contributed by atoms with Crippen LogP contribution in [0.4, 0.5) is 16.6 Å². The van der Waals surface area contributed by atoms with Crippen molar-refractivity contribution < 1.29 is 24.1 Å². The van der Waals surface area contributed by atoms with Crippen molar-refractivity contribution in [2.75, 3.05) is 37.9 Å². The zero-order chi connectivity index (χ0) is 29.6. The van der Waals surface area contributed by atoms with Crippen molar-refractivity contribution in [2.24, 2.45) is 17.8 Å². The highest BCUT2D eigenvalue weighted by atomic mass is 16.6. The van der Waals surface area contributed by atoms with E-state index in [1.165, 1.54) is 26.8 Å². The Balaban J connectivity index is 1.33. The first-order valence-corrected chi connectivity index (χ1v) is 14.3. The maximum Gasteiger partial charge on any atom is 0.407 e. The minimum Gasteiger partial charge on any atom is -0.502 e. The zero-order valence-corrected chi connectivity index (χ0v) is 24.6. The highest BCUT2D eigenvalue weighted by Crippen LogP contribution is 2.43. The number of methoxy groups -OCH3 is 2. The van der Waals surface area contributed by atoms with Crippen LogP contribution in [-0.2, 0) is 11.2 Å². The lowest BCUT2D eigenvalue weighted by Crippen LogP contribution is -2.52. The normalized spacial score (nSPS) is 21.8. The molecule has 0 radical (unpaired) electrons. The average Bonchev–Trinajstić information content (AvgIpc) is 2.91. The number of nitriles is 1. The predicted molar refractivity (Wildman–Crippen MR) is 155 cm³/mol. The minimum atomic E-state index is -0.517. The Morgan fingerprint density at radius 3 is 2.37 bits per heavy atom. The van der Waals surface area contributed by atoms with Crippen LogP contribution in [0.2, 0.25) is 0 Å². The Bertz CT molecular complexity index is 1220. The van der Waals surface area contributed by atoms with Crippen molar-refractivity contribution in [1.82, 2.24) is 15.3 Å². The monoisotopic (exact) mass is 566 g/mol. The molecule has 41 heavy (non-hydrogen) atoms. The third-order valence-corrected chi connectivity index (χ3v) is 7.82. The number of aromatic hydroxyl groups is 1. The number of nitrogens with zero attached hydrogens (tertiary/aromatic N) is 3. The van der Waals surface area contributed by atoms with Crippen LogP contribution in [0, 0.1) is 29.1 Å². The molecule has 4 N–H and O–H groups in total. The number of phenols is 1. The quantitative estimate of drug-likeness (QED) is 0.314.